The third kappa shape index (κ3) is 2.84. The highest BCUT2D eigenvalue weighted by atomic mass is 79.9. The molecule has 0 amide bonds. The van der Waals surface area contributed by atoms with Crippen molar-refractivity contribution in [2.24, 2.45) is 5.73 Å². The SMILES string of the molecule is NC(Cc1cccc2ccccc12)c1cc(Br)c(Br)s1. The molecule has 3 rings (SSSR count). The third-order valence-electron chi connectivity index (χ3n) is 3.35. The molecule has 0 spiro atoms. The van der Waals surface area contributed by atoms with E-state index in [1.165, 1.54) is 21.2 Å². The van der Waals surface area contributed by atoms with Crippen molar-refractivity contribution in [1.29, 1.82) is 0 Å². The van der Waals surface area contributed by atoms with Crippen molar-refractivity contribution >= 4 is 54.0 Å². The summed E-state index contributed by atoms with van der Waals surface area (Å²) in [6, 6.07) is 17.0. The smallest absolute Gasteiger partial charge is 0.0843 e. The van der Waals surface area contributed by atoms with Crippen LogP contribution < -0.4 is 5.73 Å². The van der Waals surface area contributed by atoms with Crippen LogP contribution in [-0.2, 0) is 6.42 Å². The molecule has 2 aromatic carbocycles. The first-order valence-corrected chi connectivity index (χ1v) is 8.72. The minimum absolute atomic E-state index is 0.0217. The summed E-state index contributed by atoms with van der Waals surface area (Å²) in [7, 11) is 0. The molecular formula is C16H13Br2NS. The Hall–Kier alpha value is -0.680. The molecule has 1 heterocycles. The van der Waals surface area contributed by atoms with E-state index in [-0.39, 0.29) is 6.04 Å². The first-order chi connectivity index (χ1) is 9.65. The highest BCUT2D eigenvalue weighted by Gasteiger charge is 2.13. The van der Waals surface area contributed by atoms with Gasteiger partial charge in [-0.25, -0.2) is 0 Å². The lowest BCUT2D eigenvalue weighted by molar-refractivity contribution is 0.740. The molecule has 20 heavy (non-hydrogen) atoms. The number of halogens is 2. The highest BCUT2D eigenvalue weighted by molar-refractivity contribution is 9.13. The summed E-state index contributed by atoms with van der Waals surface area (Å²) in [5.74, 6) is 0. The molecule has 0 saturated carbocycles. The Morgan fingerprint density at radius 3 is 2.55 bits per heavy atom. The van der Waals surface area contributed by atoms with Crippen molar-refractivity contribution in [3.8, 4) is 0 Å². The van der Waals surface area contributed by atoms with Gasteiger partial charge in [-0.05, 0) is 60.7 Å². The molecule has 1 atom stereocenters. The summed E-state index contributed by atoms with van der Waals surface area (Å²) < 4.78 is 2.17. The van der Waals surface area contributed by atoms with E-state index in [9.17, 15) is 0 Å². The van der Waals surface area contributed by atoms with Crippen molar-refractivity contribution in [3.05, 3.63) is 67.2 Å². The third-order valence-corrected chi connectivity index (χ3v) is 6.74. The average Bonchev–Trinajstić information content (AvgIpc) is 2.79. The van der Waals surface area contributed by atoms with Crippen molar-refractivity contribution < 1.29 is 0 Å². The molecule has 0 radical (unpaired) electrons. The fourth-order valence-corrected chi connectivity index (χ4v) is 4.45. The first kappa shape index (κ1) is 14.3. The quantitative estimate of drug-likeness (QED) is 0.591. The predicted octanol–water partition coefficient (Wildman–Crippen LogP) is 5.67. The van der Waals surface area contributed by atoms with Crippen LogP contribution in [0.5, 0.6) is 0 Å². The van der Waals surface area contributed by atoms with Crippen LogP contribution in [-0.4, -0.2) is 0 Å². The fraction of sp³-hybridized carbons (Fsp3) is 0.125. The van der Waals surface area contributed by atoms with Gasteiger partial charge in [-0.3, -0.25) is 0 Å². The van der Waals surface area contributed by atoms with Gasteiger partial charge < -0.3 is 5.73 Å². The Labute approximate surface area is 139 Å². The molecule has 4 heteroatoms. The van der Waals surface area contributed by atoms with Crippen molar-refractivity contribution in [1.82, 2.24) is 0 Å². The Morgan fingerprint density at radius 2 is 1.80 bits per heavy atom. The largest absolute Gasteiger partial charge is 0.323 e. The van der Waals surface area contributed by atoms with Gasteiger partial charge in [0.1, 0.15) is 0 Å². The maximum Gasteiger partial charge on any atom is 0.0843 e. The zero-order chi connectivity index (χ0) is 14.1. The number of hydrogen-bond acceptors (Lipinski definition) is 2. The van der Waals surface area contributed by atoms with Crippen LogP contribution in [0.25, 0.3) is 10.8 Å². The van der Waals surface area contributed by atoms with E-state index < -0.39 is 0 Å². The number of rotatable bonds is 3. The van der Waals surface area contributed by atoms with Crippen LogP contribution in [0, 0.1) is 0 Å². The molecular weight excluding hydrogens is 398 g/mol. The molecule has 3 aromatic rings. The molecule has 0 aliphatic heterocycles. The van der Waals surface area contributed by atoms with E-state index in [0.29, 0.717) is 0 Å². The van der Waals surface area contributed by atoms with E-state index in [1.807, 2.05) is 0 Å². The maximum absolute atomic E-state index is 6.37. The van der Waals surface area contributed by atoms with Crippen molar-refractivity contribution in [2.75, 3.05) is 0 Å². The minimum Gasteiger partial charge on any atom is -0.323 e. The molecule has 0 saturated heterocycles. The second kappa shape index (κ2) is 5.98. The van der Waals surface area contributed by atoms with Gasteiger partial charge in [-0.2, -0.15) is 0 Å². The molecule has 1 nitrogen and oxygen atoms in total. The van der Waals surface area contributed by atoms with Crippen LogP contribution in [0.2, 0.25) is 0 Å². The lowest BCUT2D eigenvalue weighted by Crippen LogP contribution is -2.11. The van der Waals surface area contributed by atoms with Gasteiger partial charge in [0.2, 0.25) is 0 Å². The van der Waals surface area contributed by atoms with Gasteiger partial charge in [-0.15, -0.1) is 11.3 Å². The summed E-state index contributed by atoms with van der Waals surface area (Å²) in [6.07, 6.45) is 0.848. The number of benzene rings is 2. The van der Waals surface area contributed by atoms with E-state index in [1.54, 1.807) is 11.3 Å². The van der Waals surface area contributed by atoms with Crippen LogP contribution in [0.1, 0.15) is 16.5 Å². The van der Waals surface area contributed by atoms with E-state index in [2.05, 4.69) is 80.4 Å². The van der Waals surface area contributed by atoms with Gasteiger partial charge in [0, 0.05) is 15.4 Å². The molecule has 0 bridgehead atoms. The maximum atomic E-state index is 6.37. The standard InChI is InChI=1S/C16H13Br2NS/c17-13-9-15(20-16(13)18)14(19)8-11-6-3-5-10-4-1-2-7-12(10)11/h1-7,9,14H,8,19H2. The topological polar surface area (TPSA) is 26.0 Å². The predicted molar refractivity (Wildman–Crippen MR) is 94.3 cm³/mol. The van der Waals surface area contributed by atoms with Crippen LogP contribution in [0.15, 0.2) is 56.8 Å². The summed E-state index contributed by atoms with van der Waals surface area (Å²) in [5.41, 5.74) is 7.67. The van der Waals surface area contributed by atoms with Gasteiger partial charge in [0.15, 0.2) is 0 Å². The summed E-state index contributed by atoms with van der Waals surface area (Å²) in [5, 5.41) is 2.56. The molecule has 1 aromatic heterocycles. The lowest BCUT2D eigenvalue weighted by atomic mass is 9.98. The Morgan fingerprint density at radius 1 is 1.05 bits per heavy atom. The lowest BCUT2D eigenvalue weighted by Gasteiger charge is -2.12. The molecule has 0 fully saturated rings. The van der Waals surface area contributed by atoms with Gasteiger partial charge in [0.25, 0.3) is 0 Å². The summed E-state index contributed by atoms with van der Waals surface area (Å²) in [4.78, 5) is 1.19. The Bertz CT molecular complexity index is 726. The Balaban J connectivity index is 1.93. The molecule has 102 valence electrons. The van der Waals surface area contributed by atoms with Gasteiger partial charge >= 0.3 is 0 Å². The number of fused-ring (bicyclic) bond motifs is 1. The number of nitrogens with two attached hydrogens (primary N) is 1. The second-order valence-corrected chi connectivity index (χ2v) is 7.98. The molecule has 2 N–H and O–H groups in total. The van der Waals surface area contributed by atoms with E-state index in [0.717, 1.165) is 14.7 Å². The van der Waals surface area contributed by atoms with Crippen LogP contribution in [0.3, 0.4) is 0 Å². The number of thiophene rings is 1. The highest BCUT2D eigenvalue weighted by Crippen LogP contribution is 2.36. The fourth-order valence-electron chi connectivity index (χ4n) is 2.35. The van der Waals surface area contributed by atoms with E-state index in [4.69, 9.17) is 5.73 Å². The summed E-state index contributed by atoms with van der Waals surface area (Å²) >= 11 is 8.74. The normalized spacial score (nSPS) is 12.8. The second-order valence-electron chi connectivity index (χ2n) is 4.72. The van der Waals surface area contributed by atoms with Gasteiger partial charge in [0.05, 0.1) is 3.79 Å². The van der Waals surface area contributed by atoms with Crippen LogP contribution in [0.4, 0.5) is 0 Å². The number of hydrogen-bond donors (Lipinski definition) is 1. The average molecular weight is 411 g/mol. The zero-order valence-corrected chi connectivity index (χ0v) is 14.6. The summed E-state index contributed by atoms with van der Waals surface area (Å²) in [6.45, 7) is 0. The van der Waals surface area contributed by atoms with Crippen molar-refractivity contribution in [3.63, 3.8) is 0 Å². The van der Waals surface area contributed by atoms with E-state index >= 15 is 0 Å². The molecule has 1 unspecified atom stereocenters. The first-order valence-electron chi connectivity index (χ1n) is 6.32. The molecule has 0 aliphatic rings. The Kier molecular flexibility index (Phi) is 4.26. The van der Waals surface area contributed by atoms with Gasteiger partial charge in [-0.1, -0.05) is 42.5 Å². The minimum atomic E-state index is 0.0217. The van der Waals surface area contributed by atoms with Crippen LogP contribution >= 0.6 is 43.2 Å². The van der Waals surface area contributed by atoms with Crippen molar-refractivity contribution in [2.45, 2.75) is 12.5 Å². The molecule has 0 aliphatic carbocycles. The monoisotopic (exact) mass is 409 g/mol. The zero-order valence-electron chi connectivity index (χ0n) is 10.6.